The molecule has 1 N–H and O–H groups in total. The third kappa shape index (κ3) is 1.01. The van der Waals surface area contributed by atoms with E-state index < -0.39 is 0 Å². The zero-order valence-electron chi connectivity index (χ0n) is 6.63. The first-order valence-corrected chi connectivity index (χ1v) is 3.62. The lowest BCUT2D eigenvalue weighted by Gasteiger charge is -2.00. The molecule has 0 bridgehead atoms. The van der Waals surface area contributed by atoms with Crippen molar-refractivity contribution >= 4 is 11.6 Å². The lowest BCUT2D eigenvalue weighted by Crippen LogP contribution is -2.03. The van der Waals surface area contributed by atoms with Gasteiger partial charge in [0.15, 0.2) is 0 Å². The average Bonchev–Trinajstić information content (AvgIpc) is 2.43. The summed E-state index contributed by atoms with van der Waals surface area (Å²) < 4.78 is 4.96. The summed E-state index contributed by atoms with van der Waals surface area (Å²) in [4.78, 5) is 15.0. The molecule has 0 spiro atoms. The van der Waals surface area contributed by atoms with Gasteiger partial charge in [0.1, 0.15) is 5.75 Å². The highest BCUT2D eigenvalue weighted by Gasteiger charge is 2.18. The Morgan fingerprint density at radius 1 is 1.67 bits per heavy atom. The number of anilines is 1. The van der Waals surface area contributed by atoms with Gasteiger partial charge in [0, 0.05) is 6.07 Å². The van der Waals surface area contributed by atoms with Crippen molar-refractivity contribution in [1.29, 1.82) is 0 Å². The maximum atomic E-state index is 10.9. The van der Waals surface area contributed by atoms with E-state index >= 15 is 0 Å². The van der Waals surface area contributed by atoms with E-state index in [4.69, 9.17) is 4.74 Å². The molecule has 1 amide bonds. The van der Waals surface area contributed by atoms with Gasteiger partial charge >= 0.3 is 0 Å². The monoisotopic (exact) mass is 164 g/mol. The van der Waals surface area contributed by atoms with Crippen LogP contribution < -0.4 is 10.1 Å². The minimum absolute atomic E-state index is 0.00856. The second-order valence-corrected chi connectivity index (χ2v) is 2.59. The largest absolute Gasteiger partial charge is 0.495 e. The quantitative estimate of drug-likeness (QED) is 0.660. The molecule has 0 radical (unpaired) electrons. The Balaban J connectivity index is 2.41. The maximum Gasteiger partial charge on any atom is 0.230 e. The minimum Gasteiger partial charge on any atom is -0.495 e. The van der Waals surface area contributed by atoms with Gasteiger partial charge in [-0.3, -0.25) is 9.78 Å². The van der Waals surface area contributed by atoms with Crippen LogP contribution in [0.1, 0.15) is 5.69 Å². The fourth-order valence-electron chi connectivity index (χ4n) is 1.18. The summed E-state index contributed by atoms with van der Waals surface area (Å²) in [6.45, 7) is 0. The third-order valence-electron chi connectivity index (χ3n) is 1.78. The van der Waals surface area contributed by atoms with Crippen LogP contribution in [-0.2, 0) is 11.2 Å². The van der Waals surface area contributed by atoms with Gasteiger partial charge in [0.2, 0.25) is 5.91 Å². The number of amides is 1. The van der Waals surface area contributed by atoms with E-state index in [1.54, 1.807) is 19.4 Å². The normalized spacial score (nSPS) is 13.9. The summed E-state index contributed by atoms with van der Waals surface area (Å²) in [6, 6.07) is 1.77. The van der Waals surface area contributed by atoms with E-state index in [0.29, 0.717) is 12.2 Å². The van der Waals surface area contributed by atoms with Crippen molar-refractivity contribution < 1.29 is 9.53 Å². The van der Waals surface area contributed by atoms with E-state index in [1.165, 1.54) is 0 Å². The van der Waals surface area contributed by atoms with Gasteiger partial charge in [-0.15, -0.1) is 0 Å². The molecule has 0 unspecified atom stereocenters. The van der Waals surface area contributed by atoms with E-state index in [9.17, 15) is 4.79 Å². The number of hydrogen-bond acceptors (Lipinski definition) is 3. The molecule has 1 aromatic rings. The summed E-state index contributed by atoms with van der Waals surface area (Å²) in [5.74, 6) is 0.654. The van der Waals surface area contributed by atoms with Crippen molar-refractivity contribution in [3.05, 3.63) is 18.0 Å². The highest BCUT2D eigenvalue weighted by molar-refractivity contribution is 5.98. The molecule has 2 heterocycles. The molecule has 0 aliphatic carbocycles. The number of nitrogens with one attached hydrogen (secondary N) is 1. The van der Waals surface area contributed by atoms with Gasteiger partial charge in [-0.1, -0.05) is 0 Å². The molecule has 0 saturated heterocycles. The molecule has 1 aliphatic rings. The van der Waals surface area contributed by atoms with Crippen LogP contribution in [0.4, 0.5) is 5.69 Å². The molecular weight excluding hydrogens is 156 g/mol. The SMILES string of the molecule is COc1cnc2c(c1)NC(=O)C2. The van der Waals surface area contributed by atoms with Gasteiger partial charge in [0.05, 0.1) is 31.1 Å². The topological polar surface area (TPSA) is 51.2 Å². The number of ether oxygens (including phenoxy) is 1. The number of nitrogens with zero attached hydrogens (tertiary/aromatic N) is 1. The van der Waals surface area contributed by atoms with Gasteiger partial charge in [-0.05, 0) is 0 Å². The molecule has 2 rings (SSSR count). The third-order valence-corrected chi connectivity index (χ3v) is 1.78. The van der Waals surface area contributed by atoms with Crippen LogP contribution in [0.2, 0.25) is 0 Å². The fraction of sp³-hybridized carbons (Fsp3) is 0.250. The van der Waals surface area contributed by atoms with E-state index in [1.807, 2.05) is 0 Å². The Bertz CT molecular complexity index is 336. The van der Waals surface area contributed by atoms with Gasteiger partial charge in [-0.2, -0.15) is 0 Å². The Labute approximate surface area is 69.6 Å². The predicted octanol–water partition coefficient (Wildman–Crippen LogP) is 0.585. The fourth-order valence-corrected chi connectivity index (χ4v) is 1.18. The van der Waals surface area contributed by atoms with Gasteiger partial charge < -0.3 is 10.1 Å². The number of rotatable bonds is 1. The number of hydrogen-bond donors (Lipinski definition) is 1. The lowest BCUT2D eigenvalue weighted by molar-refractivity contribution is -0.115. The number of fused-ring (bicyclic) bond motifs is 1. The molecule has 1 aliphatic heterocycles. The zero-order chi connectivity index (χ0) is 8.55. The molecule has 4 nitrogen and oxygen atoms in total. The molecule has 12 heavy (non-hydrogen) atoms. The zero-order valence-corrected chi connectivity index (χ0v) is 6.63. The minimum atomic E-state index is -0.00856. The van der Waals surface area contributed by atoms with Crippen LogP contribution >= 0.6 is 0 Å². The maximum absolute atomic E-state index is 10.9. The summed E-state index contributed by atoms with van der Waals surface area (Å²) in [6.07, 6.45) is 1.98. The molecule has 0 fully saturated rings. The van der Waals surface area contributed by atoms with Crippen LogP contribution in [0, 0.1) is 0 Å². The summed E-state index contributed by atoms with van der Waals surface area (Å²) >= 11 is 0. The highest BCUT2D eigenvalue weighted by atomic mass is 16.5. The molecule has 4 heteroatoms. The average molecular weight is 164 g/mol. The standard InChI is InChI=1S/C8H8N2O2/c1-12-5-2-7-6(9-4-5)3-8(11)10-7/h2,4H,3H2,1H3,(H,10,11). The van der Waals surface area contributed by atoms with Crippen molar-refractivity contribution in [2.75, 3.05) is 12.4 Å². The van der Waals surface area contributed by atoms with Crippen molar-refractivity contribution in [3.8, 4) is 5.75 Å². The first kappa shape index (κ1) is 7.09. The Morgan fingerprint density at radius 2 is 2.50 bits per heavy atom. The smallest absolute Gasteiger partial charge is 0.230 e. The molecule has 62 valence electrons. The molecule has 1 aromatic heterocycles. The number of carbonyl (C=O) groups excluding carboxylic acids is 1. The van der Waals surface area contributed by atoms with E-state index in [-0.39, 0.29) is 5.91 Å². The summed E-state index contributed by atoms with van der Waals surface area (Å²) in [7, 11) is 1.57. The van der Waals surface area contributed by atoms with Crippen LogP contribution in [-0.4, -0.2) is 18.0 Å². The number of carbonyl (C=O) groups is 1. The predicted molar refractivity (Wildman–Crippen MR) is 43.1 cm³/mol. The van der Waals surface area contributed by atoms with Gasteiger partial charge in [0.25, 0.3) is 0 Å². The molecular formula is C8H8N2O2. The van der Waals surface area contributed by atoms with E-state index in [0.717, 1.165) is 11.4 Å². The van der Waals surface area contributed by atoms with Crippen LogP contribution in [0.25, 0.3) is 0 Å². The Kier molecular flexibility index (Phi) is 1.46. The van der Waals surface area contributed by atoms with Gasteiger partial charge in [-0.25, -0.2) is 0 Å². The van der Waals surface area contributed by atoms with Crippen LogP contribution in [0.15, 0.2) is 12.3 Å². The Morgan fingerprint density at radius 3 is 3.25 bits per heavy atom. The second kappa shape index (κ2) is 2.48. The Hall–Kier alpha value is -1.58. The molecule has 0 atom stereocenters. The number of aromatic nitrogens is 1. The summed E-state index contributed by atoms with van der Waals surface area (Å²) in [5, 5.41) is 2.69. The second-order valence-electron chi connectivity index (χ2n) is 2.59. The number of methoxy groups -OCH3 is 1. The first-order chi connectivity index (χ1) is 5.79. The molecule has 0 aromatic carbocycles. The first-order valence-electron chi connectivity index (χ1n) is 3.62. The number of pyridine rings is 1. The summed E-state index contributed by atoms with van der Waals surface area (Å²) in [5.41, 5.74) is 1.56. The van der Waals surface area contributed by atoms with Crippen molar-refractivity contribution in [2.45, 2.75) is 6.42 Å². The lowest BCUT2D eigenvalue weighted by atomic mass is 10.3. The van der Waals surface area contributed by atoms with Crippen molar-refractivity contribution in [1.82, 2.24) is 4.98 Å². The van der Waals surface area contributed by atoms with Crippen molar-refractivity contribution in [3.63, 3.8) is 0 Å². The van der Waals surface area contributed by atoms with Crippen LogP contribution in [0.5, 0.6) is 5.75 Å². The van der Waals surface area contributed by atoms with Crippen molar-refractivity contribution in [2.24, 2.45) is 0 Å². The van der Waals surface area contributed by atoms with E-state index in [2.05, 4.69) is 10.3 Å². The highest BCUT2D eigenvalue weighted by Crippen LogP contribution is 2.24. The molecule has 0 saturated carbocycles. The van der Waals surface area contributed by atoms with Crippen LogP contribution in [0.3, 0.4) is 0 Å².